The van der Waals surface area contributed by atoms with Crippen LogP contribution in [0.25, 0.3) is 0 Å². The smallest absolute Gasteiger partial charge is 0.0832 e. The molecule has 80 valence electrons. The van der Waals surface area contributed by atoms with E-state index in [0.717, 1.165) is 31.9 Å². The molecular formula is C11H20N2O. The van der Waals surface area contributed by atoms with E-state index in [4.69, 9.17) is 5.11 Å². The molecular weight excluding hydrogens is 176 g/mol. The van der Waals surface area contributed by atoms with Crippen molar-refractivity contribution in [3.63, 3.8) is 0 Å². The van der Waals surface area contributed by atoms with Gasteiger partial charge >= 0.3 is 0 Å². The van der Waals surface area contributed by atoms with Gasteiger partial charge in [0, 0.05) is 25.0 Å². The zero-order chi connectivity index (χ0) is 10.4. The van der Waals surface area contributed by atoms with Crippen LogP contribution in [0.4, 0.5) is 0 Å². The molecule has 0 amide bonds. The molecule has 1 aromatic rings. The molecule has 0 atom stereocenters. The number of hydrogen-bond donors (Lipinski definition) is 1. The molecule has 0 unspecified atom stereocenters. The van der Waals surface area contributed by atoms with Crippen LogP contribution in [0, 0.1) is 0 Å². The minimum Gasteiger partial charge on any atom is -0.390 e. The third-order valence-corrected chi connectivity index (χ3v) is 2.64. The van der Waals surface area contributed by atoms with Gasteiger partial charge in [0.05, 0.1) is 6.61 Å². The van der Waals surface area contributed by atoms with E-state index in [1.807, 2.05) is 18.3 Å². The lowest BCUT2D eigenvalue weighted by Gasteiger charge is -2.18. The topological polar surface area (TPSA) is 28.4 Å². The Kier molecular flexibility index (Phi) is 4.70. The van der Waals surface area contributed by atoms with Crippen LogP contribution in [0.5, 0.6) is 0 Å². The molecule has 0 saturated heterocycles. The summed E-state index contributed by atoms with van der Waals surface area (Å²) < 4.78 is 2.11. The quantitative estimate of drug-likeness (QED) is 0.743. The second kappa shape index (κ2) is 5.83. The highest BCUT2D eigenvalue weighted by Crippen LogP contribution is 2.02. The van der Waals surface area contributed by atoms with E-state index in [0.29, 0.717) is 0 Å². The summed E-state index contributed by atoms with van der Waals surface area (Å²) in [6.45, 7) is 8.67. The van der Waals surface area contributed by atoms with E-state index in [2.05, 4.69) is 23.3 Å². The molecule has 0 bridgehead atoms. The van der Waals surface area contributed by atoms with Gasteiger partial charge in [-0.15, -0.1) is 0 Å². The first-order valence-electron chi connectivity index (χ1n) is 5.29. The van der Waals surface area contributed by atoms with E-state index in [1.165, 1.54) is 0 Å². The SMILES string of the molecule is CCN(CC)CCn1cccc1CO. The second-order valence-electron chi connectivity index (χ2n) is 3.38. The van der Waals surface area contributed by atoms with Crippen LogP contribution in [0.3, 0.4) is 0 Å². The predicted octanol–water partition coefficient (Wildman–Crippen LogP) is 1.32. The number of likely N-dealkylation sites (N-methyl/N-ethyl adjacent to an activating group) is 1. The molecule has 0 radical (unpaired) electrons. The number of hydrogen-bond acceptors (Lipinski definition) is 2. The van der Waals surface area contributed by atoms with Gasteiger partial charge in [-0.1, -0.05) is 13.8 Å². The molecule has 0 aliphatic heterocycles. The standard InChI is InChI=1S/C11H20N2O/c1-3-12(4-2)8-9-13-7-5-6-11(13)10-14/h5-7,14H,3-4,8-10H2,1-2H3. The summed E-state index contributed by atoms with van der Waals surface area (Å²) in [5.41, 5.74) is 0.997. The summed E-state index contributed by atoms with van der Waals surface area (Å²) in [7, 11) is 0. The Morgan fingerprint density at radius 2 is 2.07 bits per heavy atom. The average molecular weight is 196 g/mol. The molecule has 0 aliphatic rings. The van der Waals surface area contributed by atoms with Gasteiger partial charge in [-0.05, 0) is 25.2 Å². The van der Waals surface area contributed by atoms with E-state index in [9.17, 15) is 0 Å². The molecule has 0 saturated carbocycles. The van der Waals surface area contributed by atoms with Crippen molar-refractivity contribution in [3.05, 3.63) is 24.0 Å². The fourth-order valence-electron chi connectivity index (χ4n) is 1.60. The minimum absolute atomic E-state index is 0.130. The van der Waals surface area contributed by atoms with Gasteiger partial charge in [0.1, 0.15) is 0 Å². The largest absolute Gasteiger partial charge is 0.390 e. The summed E-state index contributed by atoms with van der Waals surface area (Å²) in [6.07, 6.45) is 2.02. The van der Waals surface area contributed by atoms with Crippen molar-refractivity contribution in [2.24, 2.45) is 0 Å². The van der Waals surface area contributed by atoms with Crippen molar-refractivity contribution in [2.75, 3.05) is 19.6 Å². The van der Waals surface area contributed by atoms with Crippen LogP contribution < -0.4 is 0 Å². The van der Waals surface area contributed by atoms with Crippen LogP contribution in [0.1, 0.15) is 19.5 Å². The normalized spacial score (nSPS) is 11.1. The molecule has 1 aromatic heterocycles. The summed E-state index contributed by atoms with van der Waals surface area (Å²) in [6, 6.07) is 3.94. The minimum atomic E-state index is 0.130. The maximum atomic E-state index is 9.05. The Morgan fingerprint density at radius 1 is 1.36 bits per heavy atom. The fourth-order valence-corrected chi connectivity index (χ4v) is 1.60. The summed E-state index contributed by atoms with van der Waals surface area (Å²) in [5, 5.41) is 9.05. The van der Waals surface area contributed by atoms with Crippen molar-refractivity contribution >= 4 is 0 Å². The Morgan fingerprint density at radius 3 is 2.64 bits per heavy atom. The summed E-state index contributed by atoms with van der Waals surface area (Å²) in [5.74, 6) is 0. The molecule has 1 rings (SSSR count). The molecule has 3 heteroatoms. The van der Waals surface area contributed by atoms with Crippen molar-refractivity contribution in [1.82, 2.24) is 9.47 Å². The van der Waals surface area contributed by atoms with Crippen LogP contribution in [0.2, 0.25) is 0 Å². The van der Waals surface area contributed by atoms with Crippen LogP contribution >= 0.6 is 0 Å². The molecule has 0 spiro atoms. The molecule has 0 fully saturated rings. The van der Waals surface area contributed by atoms with Crippen LogP contribution in [-0.2, 0) is 13.2 Å². The zero-order valence-corrected chi connectivity index (χ0v) is 9.11. The zero-order valence-electron chi connectivity index (χ0n) is 9.11. The summed E-state index contributed by atoms with van der Waals surface area (Å²) in [4.78, 5) is 2.38. The first-order valence-corrected chi connectivity index (χ1v) is 5.29. The Hall–Kier alpha value is -0.800. The molecule has 3 nitrogen and oxygen atoms in total. The van der Waals surface area contributed by atoms with E-state index >= 15 is 0 Å². The van der Waals surface area contributed by atoms with Crippen molar-refractivity contribution in [2.45, 2.75) is 27.0 Å². The number of aliphatic hydroxyl groups excluding tert-OH is 1. The monoisotopic (exact) mass is 196 g/mol. The molecule has 0 aliphatic carbocycles. The number of aromatic nitrogens is 1. The predicted molar refractivity (Wildman–Crippen MR) is 58.1 cm³/mol. The molecule has 1 N–H and O–H groups in total. The first kappa shape index (κ1) is 11.3. The number of aliphatic hydroxyl groups is 1. The van der Waals surface area contributed by atoms with Crippen LogP contribution in [-0.4, -0.2) is 34.2 Å². The third kappa shape index (κ3) is 2.86. The second-order valence-corrected chi connectivity index (χ2v) is 3.38. The highest BCUT2D eigenvalue weighted by molar-refractivity contribution is 5.05. The fraction of sp³-hybridized carbons (Fsp3) is 0.636. The average Bonchev–Trinajstić information content (AvgIpc) is 2.67. The van der Waals surface area contributed by atoms with Gasteiger partial charge in [-0.3, -0.25) is 0 Å². The molecule has 14 heavy (non-hydrogen) atoms. The maximum Gasteiger partial charge on any atom is 0.0832 e. The van der Waals surface area contributed by atoms with E-state index in [1.54, 1.807) is 0 Å². The van der Waals surface area contributed by atoms with E-state index in [-0.39, 0.29) is 6.61 Å². The van der Waals surface area contributed by atoms with Gasteiger partial charge in [-0.2, -0.15) is 0 Å². The number of nitrogens with zero attached hydrogens (tertiary/aromatic N) is 2. The van der Waals surface area contributed by atoms with Gasteiger partial charge in [0.15, 0.2) is 0 Å². The maximum absolute atomic E-state index is 9.05. The van der Waals surface area contributed by atoms with Gasteiger partial charge in [-0.25, -0.2) is 0 Å². The van der Waals surface area contributed by atoms with Crippen molar-refractivity contribution in [1.29, 1.82) is 0 Å². The van der Waals surface area contributed by atoms with Crippen LogP contribution in [0.15, 0.2) is 18.3 Å². The van der Waals surface area contributed by atoms with Crippen molar-refractivity contribution < 1.29 is 5.11 Å². The summed E-state index contributed by atoms with van der Waals surface area (Å²) >= 11 is 0. The van der Waals surface area contributed by atoms with Gasteiger partial charge in [0.25, 0.3) is 0 Å². The van der Waals surface area contributed by atoms with E-state index < -0.39 is 0 Å². The lowest BCUT2D eigenvalue weighted by atomic mass is 10.4. The molecule has 1 heterocycles. The van der Waals surface area contributed by atoms with Gasteiger partial charge < -0.3 is 14.6 Å². The highest BCUT2D eigenvalue weighted by atomic mass is 16.3. The first-order chi connectivity index (χ1) is 6.81. The lowest BCUT2D eigenvalue weighted by molar-refractivity contribution is 0.259. The lowest BCUT2D eigenvalue weighted by Crippen LogP contribution is -2.27. The Balaban J connectivity index is 2.44. The van der Waals surface area contributed by atoms with Gasteiger partial charge in [0.2, 0.25) is 0 Å². The Labute approximate surface area is 86.0 Å². The highest BCUT2D eigenvalue weighted by Gasteiger charge is 2.01. The third-order valence-electron chi connectivity index (χ3n) is 2.64. The van der Waals surface area contributed by atoms with Crippen molar-refractivity contribution in [3.8, 4) is 0 Å². The number of rotatable bonds is 6. The Bertz CT molecular complexity index is 254. The molecule has 0 aromatic carbocycles.